The molecule has 0 spiro atoms. The van der Waals surface area contributed by atoms with Crippen molar-refractivity contribution in [3.05, 3.63) is 23.8 Å². The van der Waals surface area contributed by atoms with Crippen molar-refractivity contribution in [1.82, 2.24) is 0 Å². The van der Waals surface area contributed by atoms with Gasteiger partial charge < -0.3 is 16.2 Å². The van der Waals surface area contributed by atoms with Crippen LogP contribution < -0.4 is 5.73 Å². The Hall–Kier alpha value is -0.930. The Bertz CT molecular complexity index is 173. The third-order valence-corrected chi connectivity index (χ3v) is 1.24. The van der Waals surface area contributed by atoms with Crippen molar-refractivity contribution >= 4 is 6.21 Å². The Balaban J connectivity index is 4.32. The molecule has 0 radical (unpaired) electrons. The molecule has 0 saturated heterocycles. The average molecular weight is 154 g/mol. The minimum absolute atomic E-state index is 0.185. The summed E-state index contributed by atoms with van der Waals surface area (Å²) in [5.74, 6) is 0. The van der Waals surface area contributed by atoms with E-state index < -0.39 is 6.10 Å². The maximum absolute atomic E-state index is 9.23. The largest absolute Gasteiger partial charge is 0.387 e. The molecule has 11 heavy (non-hydrogen) atoms. The summed E-state index contributed by atoms with van der Waals surface area (Å²) in [6.45, 7) is 2.03. The van der Waals surface area contributed by atoms with Gasteiger partial charge in [0.25, 0.3) is 0 Å². The lowest BCUT2D eigenvalue weighted by atomic mass is 10.1. The first kappa shape index (κ1) is 10.1. The van der Waals surface area contributed by atoms with E-state index in [1.165, 1.54) is 6.08 Å². The van der Waals surface area contributed by atoms with E-state index in [1.54, 1.807) is 12.2 Å². The van der Waals surface area contributed by atoms with Gasteiger partial charge in [-0.2, -0.15) is 0 Å². The summed E-state index contributed by atoms with van der Waals surface area (Å²) in [5, 5.41) is 16.0. The molecule has 0 rings (SSSR count). The van der Waals surface area contributed by atoms with Crippen LogP contribution >= 0.6 is 0 Å². The number of aliphatic hydroxyl groups excluding tert-OH is 1. The van der Waals surface area contributed by atoms with Crippen LogP contribution in [0.5, 0.6) is 0 Å². The zero-order valence-electron chi connectivity index (χ0n) is 6.62. The Morgan fingerprint density at radius 2 is 2.36 bits per heavy atom. The topological polar surface area (TPSA) is 70.1 Å². The monoisotopic (exact) mass is 154 g/mol. The Morgan fingerprint density at radius 1 is 1.73 bits per heavy atom. The van der Waals surface area contributed by atoms with Gasteiger partial charge in [-0.05, 0) is 18.6 Å². The molecule has 3 heteroatoms. The number of nitrogens with one attached hydrogen (secondary N) is 1. The Kier molecular flexibility index (Phi) is 5.33. The van der Waals surface area contributed by atoms with Crippen LogP contribution in [0.25, 0.3) is 0 Å². The van der Waals surface area contributed by atoms with Gasteiger partial charge in [-0.3, -0.25) is 0 Å². The summed E-state index contributed by atoms with van der Waals surface area (Å²) >= 11 is 0. The van der Waals surface area contributed by atoms with Crippen LogP contribution in [0.3, 0.4) is 0 Å². The molecule has 0 fully saturated rings. The van der Waals surface area contributed by atoms with E-state index in [1.807, 2.05) is 6.92 Å². The van der Waals surface area contributed by atoms with Crippen LogP contribution in [0.1, 0.15) is 6.92 Å². The molecule has 0 aliphatic carbocycles. The lowest BCUT2D eigenvalue weighted by Gasteiger charge is -2.06. The molecule has 0 aromatic heterocycles. The zero-order valence-corrected chi connectivity index (χ0v) is 6.62. The van der Waals surface area contributed by atoms with E-state index in [2.05, 4.69) is 0 Å². The summed E-state index contributed by atoms with van der Waals surface area (Å²) in [7, 11) is 0. The van der Waals surface area contributed by atoms with E-state index >= 15 is 0 Å². The van der Waals surface area contributed by atoms with Crippen molar-refractivity contribution < 1.29 is 5.11 Å². The molecule has 1 atom stereocenters. The quantitative estimate of drug-likeness (QED) is 0.406. The van der Waals surface area contributed by atoms with Gasteiger partial charge >= 0.3 is 0 Å². The lowest BCUT2D eigenvalue weighted by molar-refractivity contribution is 0.223. The fourth-order valence-electron chi connectivity index (χ4n) is 0.702. The molecular formula is C8H14N2O. The van der Waals surface area contributed by atoms with Crippen molar-refractivity contribution in [3.8, 4) is 0 Å². The SMILES string of the molecule is C/C=C\C(=C/C=N)C(O)CN. The summed E-state index contributed by atoms with van der Waals surface area (Å²) in [6.07, 6.45) is 5.54. The number of hydrogen-bond acceptors (Lipinski definition) is 3. The van der Waals surface area contributed by atoms with Crippen LogP contribution in [0, 0.1) is 5.41 Å². The molecule has 3 nitrogen and oxygen atoms in total. The van der Waals surface area contributed by atoms with Gasteiger partial charge in [0, 0.05) is 12.8 Å². The average Bonchev–Trinajstić information content (AvgIpc) is 2.03. The Labute approximate surface area is 66.7 Å². The standard InChI is InChI=1S/C8H14N2O/c1-2-3-7(4-5-9)8(11)6-10/h2-5,8-9,11H,6,10H2,1H3/b3-2-,7-4+,9-5?. The molecule has 0 aliphatic heterocycles. The van der Waals surface area contributed by atoms with Crippen LogP contribution in [0.4, 0.5) is 0 Å². The van der Waals surface area contributed by atoms with Crippen molar-refractivity contribution in [2.24, 2.45) is 5.73 Å². The molecule has 0 bridgehead atoms. The highest BCUT2D eigenvalue weighted by Crippen LogP contribution is 2.01. The smallest absolute Gasteiger partial charge is 0.0912 e. The van der Waals surface area contributed by atoms with Gasteiger partial charge in [0.2, 0.25) is 0 Å². The highest BCUT2D eigenvalue weighted by Gasteiger charge is 2.02. The van der Waals surface area contributed by atoms with Crippen LogP contribution in [0.15, 0.2) is 23.8 Å². The van der Waals surface area contributed by atoms with Crippen molar-refractivity contribution in [1.29, 1.82) is 5.41 Å². The molecule has 0 aromatic carbocycles. The molecule has 0 heterocycles. The van der Waals surface area contributed by atoms with Gasteiger partial charge in [0.1, 0.15) is 0 Å². The maximum atomic E-state index is 9.23. The second-order valence-corrected chi connectivity index (χ2v) is 2.08. The van der Waals surface area contributed by atoms with Crippen molar-refractivity contribution in [2.45, 2.75) is 13.0 Å². The predicted octanol–water partition coefficient (Wildman–Crippen LogP) is 0.458. The molecule has 1 unspecified atom stereocenters. The Morgan fingerprint density at radius 3 is 2.73 bits per heavy atom. The number of nitrogens with two attached hydrogens (primary N) is 1. The van der Waals surface area contributed by atoms with Crippen molar-refractivity contribution in [3.63, 3.8) is 0 Å². The number of hydrogen-bond donors (Lipinski definition) is 3. The molecule has 0 saturated carbocycles. The number of rotatable bonds is 4. The van der Waals surface area contributed by atoms with E-state index in [4.69, 9.17) is 11.1 Å². The third-order valence-electron chi connectivity index (χ3n) is 1.24. The fourth-order valence-corrected chi connectivity index (χ4v) is 0.702. The molecule has 4 N–H and O–H groups in total. The highest BCUT2D eigenvalue weighted by atomic mass is 16.3. The summed E-state index contributed by atoms with van der Waals surface area (Å²) in [4.78, 5) is 0. The highest BCUT2D eigenvalue weighted by molar-refractivity contribution is 5.70. The van der Waals surface area contributed by atoms with Crippen LogP contribution in [0.2, 0.25) is 0 Å². The van der Waals surface area contributed by atoms with Gasteiger partial charge in [-0.1, -0.05) is 12.2 Å². The summed E-state index contributed by atoms with van der Waals surface area (Å²) in [6, 6.07) is 0. The van der Waals surface area contributed by atoms with Gasteiger partial charge in [0.05, 0.1) is 6.10 Å². The van der Waals surface area contributed by atoms with Crippen LogP contribution in [-0.2, 0) is 0 Å². The lowest BCUT2D eigenvalue weighted by Crippen LogP contribution is -2.21. The maximum Gasteiger partial charge on any atom is 0.0912 e. The second-order valence-electron chi connectivity index (χ2n) is 2.08. The van der Waals surface area contributed by atoms with Gasteiger partial charge in [-0.15, -0.1) is 0 Å². The minimum Gasteiger partial charge on any atom is -0.387 e. The molecule has 0 aliphatic rings. The van der Waals surface area contributed by atoms with E-state index in [0.717, 1.165) is 6.21 Å². The van der Waals surface area contributed by atoms with Crippen molar-refractivity contribution in [2.75, 3.05) is 6.54 Å². The third kappa shape index (κ3) is 3.70. The van der Waals surface area contributed by atoms with E-state index in [0.29, 0.717) is 5.57 Å². The van der Waals surface area contributed by atoms with E-state index in [-0.39, 0.29) is 6.54 Å². The molecular weight excluding hydrogens is 140 g/mol. The number of aliphatic hydroxyl groups is 1. The second kappa shape index (κ2) is 5.82. The number of allylic oxidation sites excluding steroid dienone is 2. The first-order valence-electron chi connectivity index (χ1n) is 3.47. The summed E-state index contributed by atoms with van der Waals surface area (Å²) < 4.78 is 0. The first-order valence-corrected chi connectivity index (χ1v) is 3.47. The molecule has 0 aromatic rings. The molecule has 0 amide bonds. The zero-order chi connectivity index (χ0) is 8.69. The van der Waals surface area contributed by atoms with E-state index in [9.17, 15) is 5.11 Å². The first-order chi connectivity index (χ1) is 5.26. The normalized spacial score (nSPS) is 15.4. The minimum atomic E-state index is -0.659. The predicted molar refractivity (Wildman–Crippen MR) is 46.7 cm³/mol. The van der Waals surface area contributed by atoms with Gasteiger partial charge in [0.15, 0.2) is 0 Å². The summed E-state index contributed by atoms with van der Waals surface area (Å²) in [5.41, 5.74) is 5.90. The molecule has 62 valence electrons. The van der Waals surface area contributed by atoms with Gasteiger partial charge in [-0.25, -0.2) is 0 Å². The fraction of sp³-hybridized carbons (Fsp3) is 0.375. The van der Waals surface area contributed by atoms with Crippen LogP contribution in [-0.4, -0.2) is 24.0 Å².